The fourth-order valence-corrected chi connectivity index (χ4v) is 1.83. The van der Waals surface area contributed by atoms with Crippen LogP contribution in [-0.2, 0) is 9.53 Å². The van der Waals surface area contributed by atoms with Gasteiger partial charge in [0.05, 0.1) is 5.92 Å². The Hall–Kier alpha value is -1.82. The lowest BCUT2D eigenvalue weighted by Gasteiger charge is -2.06. The maximum Gasteiger partial charge on any atom is 0.310 e. The van der Waals surface area contributed by atoms with Crippen LogP contribution >= 0.6 is 0 Å². The van der Waals surface area contributed by atoms with Crippen molar-refractivity contribution in [1.29, 1.82) is 0 Å². The quantitative estimate of drug-likeness (QED) is 0.591. The molecular weight excluding hydrogens is 219 g/mol. The van der Waals surface area contributed by atoms with Gasteiger partial charge in [-0.1, -0.05) is 18.1 Å². The predicted octanol–water partition coefficient (Wildman–Crippen LogP) is 2.49. The minimum Gasteiger partial charge on any atom is -0.449 e. The summed E-state index contributed by atoms with van der Waals surface area (Å²) in [5.41, 5.74) is 0.974. The second-order valence-electron chi connectivity index (χ2n) is 4.25. The number of ether oxygens (including phenoxy) is 1. The molecule has 0 amide bonds. The fourth-order valence-electron chi connectivity index (χ4n) is 1.83. The van der Waals surface area contributed by atoms with E-state index < -0.39 is 6.10 Å². The summed E-state index contributed by atoms with van der Waals surface area (Å²) in [4.78, 5) is 11.6. The molecule has 1 saturated carbocycles. The van der Waals surface area contributed by atoms with E-state index in [-0.39, 0.29) is 23.6 Å². The predicted molar refractivity (Wildman–Crippen MR) is 61.6 cm³/mol. The number of benzene rings is 1. The first-order chi connectivity index (χ1) is 8.11. The molecule has 0 saturated heterocycles. The highest BCUT2D eigenvalue weighted by molar-refractivity contribution is 5.77. The van der Waals surface area contributed by atoms with Gasteiger partial charge in [0.2, 0.25) is 0 Å². The monoisotopic (exact) mass is 232 g/mol. The van der Waals surface area contributed by atoms with E-state index in [9.17, 15) is 9.18 Å². The molecule has 3 heteroatoms. The van der Waals surface area contributed by atoms with Gasteiger partial charge in [-0.3, -0.25) is 4.79 Å². The van der Waals surface area contributed by atoms with Crippen molar-refractivity contribution >= 4 is 5.97 Å². The third kappa shape index (κ3) is 2.65. The minimum atomic E-state index is -0.489. The third-order valence-electron chi connectivity index (χ3n) is 2.92. The van der Waals surface area contributed by atoms with Crippen molar-refractivity contribution in [1.82, 2.24) is 0 Å². The molecule has 0 radical (unpaired) electrons. The molecule has 0 spiro atoms. The van der Waals surface area contributed by atoms with E-state index in [1.807, 2.05) is 0 Å². The van der Waals surface area contributed by atoms with Crippen LogP contribution in [0.3, 0.4) is 0 Å². The molecule has 0 bridgehead atoms. The smallest absolute Gasteiger partial charge is 0.310 e. The summed E-state index contributed by atoms with van der Waals surface area (Å²) >= 11 is 0. The van der Waals surface area contributed by atoms with Crippen LogP contribution in [0.5, 0.6) is 0 Å². The molecule has 2 nitrogen and oxygen atoms in total. The lowest BCUT2D eigenvalue weighted by atomic mass is 10.1. The van der Waals surface area contributed by atoms with Crippen molar-refractivity contribution in [2.75, 3.05) is 0 Å². The van der Waals surface area contributed by atoms with Gasteiger partial charge >= 0.3 is 5.97 Å². The van der Waals surface area contributed by atoms with E-state index in [2.05, 4.69) is 5.92 Å². The molecule has 1 aromatic rings. The van der Waals surface area contributed by atoms with Crippen LogP contribution in [-0.4, -0.2) is 12.1 Å². The Morgan fingerprint density at radius 3 is 2.76 bits per heavy atom. The second kappa shape index (κ2) is 4.58. The van der Waals surface area contributed by atoms with E-state index in [1.165, 1.54) is 12.1 Å². The number of halogens is 1. The lowest BCUT2D eigenvalue weighted by Crippen LogP contribution is -2.15. The van der Waals surface area contributed by atoms with Crippen molar-refractivity contribution < 1.29 is 13.9 Å². The summed E-state index contributed by atoms with van der Waals surface area (Å²) in [5.74, 6) is 1.84. The van der Waals surface area contributed by atoms with Gasteiger partial charge in [-0.05, 0) is 37.0 Å². The van der Waals surface area contributed by atoms with Gasteiger partial charge < -0.3 is 4.74 Å². The molecule has 2 rings (SSSR count). The molecule has 1 aromatic carbocycles. The maximum absolute atomic E-state index is 12.7. The highest BCUT2D eigenvalue weighted by Gasteiger charge is 2.45. The Bertz CT molecular complexity index is 458. The molecule has 0 N–H and O–H groups in total. The summed E-state index contributed by atoms with van der Waals surface area (Å²) in [7, 11) is 0. The van der Waals surface area contributed by atoms with Crippen molar-refractivity contribution in [2.45, 2.75) is 25.4 Å². The van der Waals surface area contributed by atoms with Gasteiger partial charge in [0.1, 0.15) is 5.82 Å². The number of carbonyl (C=O) groups excluding carboxylic acids is 1. The van der Waals surface area contributed by atoms with Gasteiger partial charge in [0.25, 0.3) is 0 Å². The number of hydrogen-bond acceptors (Lipinski definition) is 2. The highest BCUT2D eigenvalue weighted by Crippen LogP contribution is 2.48. The summed E-state index contributed by atoms with van der Waals surface area (Å²) < 4.78 is 17.8. The molecule has 1 aliphatic rings. The zero-order valence-electron chi connectivity index (χ0n) is 9.52. The molecule has 0 unspecified atom stereocenters. The Morgan fingerprint density at radius 1 is 1.53 bits per heavy atom. The van der Waals surface area contributed by atoms with E-state index in [0.29, 0.717) is 0 Å². The van der Waals surface area contributed by atoms with Crippen LogP contribution in [0.25, 0.3) is 0 Å². The van der Waals surface area contributed by atoms with E-state index in [0.717, 1.165) is 12.0 Å². The SMILES string of the molecule is C#C[C@H](C)OC(=O)[C@H]1C[C@H]1c1ccc(F)cc1. The molecule has 0 aliphatic heterocycles. The standard InChI is InChI=1S/C14H13FO2/c1-3-9(2)17-14(16)13-8-12(13)10-4-6-11(15)7-5-10/h1,4-7,9,12-13H,8H2,2H3/t9-,12-,13-/m0/s1. The zero-order chi connectivity index (χ0) is 12.4. The Morgan fingerprint density at radius 2 is 2.18 bits per heavy atom. The summed E-state index contributed by atoms with van der Waals surface area (Å²) in [5, 5.41) is 0. The Kier molecular flexibility index (Phi) is 3.14. The van der Waals surface area contributed by atoms with E-state index in [4.69, 9.17) is 11.2 Å². The Balaban J connectivity index is 1.94. The average Bonchev–Trinajstić information content (AvgIpc) is 3.10. The fraction of sp³-hybridized carbons (Fsp3) is 0.357. The molecule has 0 aromatic heterocycles. The number of terminal acetylenes is 1. The average molecular weight is 232 g/mol. The van der Waals surface area contributed by atoms with Crippen molar-refractivity contribution in [3.05, 3.63) is 35.6 Å². The van der Waals surface area contributed by atoms with E-state index >= 15 is 0 Å². The van der Waals surface area contributed by atoms with Crippen LogP contribution in [0.1, 0.15) is 24.8 Å². The van der Waals surface area contributed by atoms with Gasteiger partial charge in [0, 0.05) is 0 Å². The van der Waals surface area contributed by atoms with Gasteiger partial charge in [0.15, 0.2) is 6.10 Å². The molecular formula is C14H13FO2. The molecule has 17 heavy (non-hydrogen) atoms. The minimum absolute atomic E-state index is 0.128. The van der Waals surface area contributed by atoms with Crippen LogP contribution in [0.2, 0.25) is 0 Å². The van der Waals surface area contributed by atoms with Gasteiger partial charge in [-0.25, -0.2) is 4.39 Å². The first kappa shape index (κ1) is 11.7. The number of esters is 1. The van der Waals surface area contributed by atoms with Crippen molar-refractivity contribution in [3.8, 4) is 12.3 Å². The summed E-state index contributed by atoms with van der Waals surface area (Å²) in [6.07, 6.45) is 5.40. The summed E-state index contributed by atoms with van der Waals surface area (Å²) in [6, 6.07) is 6.22. The number of rotatable bonds is 3. The molecule has 88 valence electrons. The van der Waals surface area contributed by atoms with Gasteiger partial charge in [-0.2, -0.15) is 0 Å². The first-order valence-electron chi connectivity index (χ1n) is 5.54. The molecule has 3 atom stereocenters. The zero-order valence-corrected chi connectivity index (χ0v) is 9.52. The number of carbonyl (C=O) groups is 1. The lowest BCUT2D eigenvalue weighted by molar-refractivity contribution is -0.147. The topological polar surface area (TPSA) is 26.3 Å². The van der Waals surface area contributed by atoms with Crippen LogP contribution < -0.4 is 0 Å². The summed E-state index contributed by atoms with van der Waals surface area (Å²) in [6.45, 7) is 1.66. The van der Waals surface area contributed by atoms with Gasteiger partial charge in [-0.15, -0.1) is 6.42 Å². The van der Waals surface area contributed by atoms with Crippen molar-refractivity contribution in [2.24, 2.45) is 5.92 Å². The highest BCUT2D eigenvalue weighted by atomic mass is 19.1. The number of hydrogen-bond donors (Lipinski definition) is 0. The Labute approximate surface area is 99.8 Å². The second-order valence-corrected chi connectivity index (χ2v) is 4.25. The first-order valence-corrected chi connectivity index (χ1v) is 5.54. The molecule has 0 heterocycles. The van der Waals surface area contributed by atoms with Crippen LogP contribution in [0.4, 0.5) is 4.39 Å². The van der Waals surface area contributed by atoms with Crippen LogP contribution in [0, 0.1) is 24.1 Å². The maximum atomic E-state index is 12.7. The van der Waals surface area contributed by atoms with E-state index in [1.54, 1.807) is 19.1 Å². The third-order valence-corrected chi connectivity index (χ3v) is 2.92. The van der Waals surface area contributed by atoms with Crippen molar-refractivity contribution in [3.63, 3.8) is 0 Å². The van der Waals surface area contributed by atoms with Crippen LogP contribution in [0.15, 0.2) is 24.3 Å². The normalized spacial score (nSPS) is 23.6. The molecule has 1 fully saturated rings. The molecule has 1 aliphatic carbocycles. The largest absolute Gasteiger partial charge is 0.449 e.